The van der Waals surface area contributed by atoms with Crippen LogP contribution >= 0.6 is 12.4 Å². The predicted octanol–water partition coefficient (Wildman–Crippen LogP) is 3.62. The van der Waals surface area contributed by atoms with Crippen LogP contribution in [0.4, 0.5) is 0 Å². The number of halogens is 1. The van der Waals surface area contributed by atoms with Crippen molar-refractivity contribution < 1.29 is 9.53 Å². The van der Waals surface area contributed by atoms with Gasteiger partial charge < -0.3 is 9.64 Å². The third-order valence-corrected chi connectivity index (χ3v) is 4.56. The number of hydrogen-bond acceptors (Lipinski definition) is 3. The number of ether oxygens (including phenoxy) is 1. The van der Waals surface area contributed by atoms with Crippen LogP contribution in [0.3, 0.4) is 0 Å². The fourth-order valence-corrected chi connectivity index (χ4v) is 3.45. The molecule has 0 bridgehead atoms. The topological polar surface area (TPSA) is 29.5 Å². The molecule has 0 aromatic rings. The van der Waals surface area contributed by atoms with Gasteiger partial charge in [0.05, 0.1) is 12.5 Å². The molecule has 0 aromatic heterocycles. The Morgan fingerprint density at radius 2 is 2.05 bits per heavy atom. The number of likely N-dealkylation sites (tertiary alicyclic amines) is 1. The van der Waals surface area contributed by atoms with E-state index < -0.39 is 0 Å². The number of fused-ring (bicyclic) bond motifs is 1. The number of piperidine rings is 1. The number of nitrogens with zero attached hydrogens (tertiary/aromatic N) is 1. The van der Waals surface area contributed by atoms with E-state index in [4.69, 9.17) is 4.74 Å². The highest BCUT2D eigenvalue weighted by Crippen LogP contribution is 2.36. The lowest BCUT2D eigenvalue weighted by molar-refractivity contribution is -0.119. The SMILES string of the molecule is CC(CN1CCCCC1)C(=O)C1=C2C=COC=C2CC1.Cl. The van der Waals surface area contributed by atoms with Crippen molar-refractivity contribution in [3.05, 3.63) is 35.3 Å². The van der Waals surface area contributed by atoms with Crippen molar-refractivity contribution in [1.29, 1.82) is 0 Å². The Morgan fingerprint density at radius 3 is 2.81 bits per heavy atom. The monoisotopic (exact) mass is 309 g/mol. The summed E-state index contributed by atoms with van der Waals surface area (Å²) in [6, 6.07) is 0. The number of hydrogen-bond donors (Lipinski definition) is 0. The van der Waals surface area contributed by atoms with Gasteiger partial charge in [0.1, 0.15) is 0 Å². The van der Waals surface area contributed by atoms with Crippen LogP contribution < -0.4 is 0 Å². The molecule has 1 unspecified atom stereocenters. The molecule has 3 aliphatic rings. The van der Waals surface area contributed by atoms with Crippen LogP contribution in [0, 0.1) is 5.92 Å². The number of carbonyl (C=O) groups is 1. The summed E-state index contributed by atoms with van der Waals surface area (Å²) in [6.45, 7) is 5.30. The van der Waals surface area contributed by atoms with Gasteiger partial charge in [0.25, 0.3) is 0 Å². The van der Waals surface area contributed by atoms with Gasteiger partial charge >= 0.3 is 0 Å². The molecule has 1 aliphatic carbocycles. The Bertz CT molecular complexity index is 487. The lowest BCUT2D eigenvalue weighted by Gasteiger charge is -2.28. The summed E-state index contributed by atoms with van der Waals surface area (Å²) in [5.74, 6) is 0.437. The highest BCUT2D eigenvalue weighted by Gasteiger charge is 2.28. The summed E-state index contributed by atoms with van der Waals surface area (Å²) in [7, 11) is 0. The highest BCUT2D eigenvalue weighted by molar-refractivity contribution is 6.00. The van der Waals surface area contributed by atoms with Gasteiger partial charge in [-0.05, 0) is 56.0 Å². The molecule has 4 heteroatoms. The fourth-order valence-electron chi connectivity index (χ4n) is 3.45. The summed E-state index contributed by atoms with van der Waals surface area (Å²) in [5, 5.41) is 0. The zero-order valence-corrected chi connectivity index (χ0v) is 13.5. The molecule has 0 saturated carbocycles. The quantitative estimate of drug-likeness (QED) is 0.794. The van der Waals surface area contributed by atoms with Gasteiger partial charge in [-0.1, -0.05) is 13.3 Å². The number of allylic oxidation sites excluding steroid dienone is 4. The second kappa shape index (κ2) is 7.28. The first kappa shape index (κ1) is 16.3. The van der Waals surface area contributed by atoms with Gasteiger partial charge in [0.15, 0.2) is 5.78 Å². The molecule has 0 N–H and O–H groups in total. The van der Waals surface area contributed by atoms with Crippen molar-refractivity contribution in [2.75, 3.05) is 19.6 Å². The number of carbonyl (C=O) groups excluding carboxylic acids is 1. The predicted molar refractivity (Wildman–Crippen MR) is 86.3 cm³/mol. The standard InChI is InChI=1S/C17H23NO2.ClH/c1-13(11-18-8-3-2-4-9-18)17(19)16-6-5-14-12-20-10-7-15(14)16;/h7,10,12-13H,2-6,8-9,11H2,1H3;1H. The summed E-state index contributed by atoms with van der Waals surface area (Å²) < 4.78 is 5.20. The Hall–Kier alpha value is -1.06. The van der Waals surface area contributed by atoms with Gasteiger partial charge in [-0.3, -0.25) is 4.79 Å². The molecule has 3 rings (SSSR count). The van der Waals surface area contributed by atoms with E-state index in [0.717, 1.165) is 43.6 Å². The largest absolute Gasteiger partial charge is 0.472 e. The number of Topliss-reactive ketones (excluding diaryl/α,β-unsaturated/α-hetero) is 1. The van der Waals surface area contributed by atoms with E-state index in [9.17, 15) is 4.79 Å². The summed E-state index contributed by atoms with van der Waals surface area (Å²) in [6.07, 6.45) is 11.1. The maximum absolute atomic E-state index is 12.7. The van der Waals surface area contributed by atoms with Gasteiger partial charge in [0.2, 0.25) is 0 Å². The first-order valence-corrected chi connectivity index (χ1v) is 7.77. The van der Waals surface area contributed by atoms with E-state index in [0.29, 0.717) is 5.78 Å². The van der Waals surface area contributed by atoms with Crippen LogP contribution in [0.1, 0.15) is 39.0 Å². The lowest BCUT2D eigenvalue weighted by atomic mass is 9.95. The third-order valence-electron chi connectivity index (χ3n) is 4.56. The van der Waals surface area contributed by atoms with Crippen molar-refractivity contribution >= 4 is 18.2 Å². The van der Waals surface area contributed by atoms with Crippen LogP contribution in [0.25, 0.3) is 0 Å². The summed E-state index contributed by atoms with van der Waals surface area (Å²) in [4.78, 5) is 15.1. The van der Waals surface area contributed by atoms with Crippen molar-refractivity contribution in [3.63, 3.8) is 0 Å². The third kappa shape index (κ3) is 3.58. The molecule has 0 aromatic carbocycles. The van der Waals surface area contributed by atoms with Gasteiger partial charge in [-0.25, -0.2) is 0 Å². The minimum atomic E-state index is 0. The molecule has 116 valence electrons. The maximum atomic E-state index is 12.7. The minimum Gasteiger partial charge on any atom is -0.472 e. The first-order valence-electron chi connectivity index (χ1n) is 7.77. The second-order valence-corrected chi connectivity index (χ2v) is 6.10. The smallest absolute Gasteiger partial charge is 0.163 e. The normalized spacial score (nSPS) is 23.0. The molecule has 1 fully saturated rings. The van der Waals surface area contributed by atoms with Crippen molar-refractivity contribution in [2.45, 2.75) is 39.0 Å². The van der Waals surface area contributed by atoms with E-state index in [-0.39, 0.29) is 18.3 Å². The maximum Gasteiger partial charge on any atom is 0.163 e. The van der Waals surface area contributed by atoms with Gasteiger partial charge in [-0.2, -0.15) is 0 Å². The Balaban J connectivity index is 0.00000161. The van der Waals surface area contributed by atoms with Crippen LogP contribution in [0.15, 0.2) is 35.3 Å². The van der Waals surface area contributed by atoms with E-state index in [1.807, 2.05) is 6.08 Å². The van der Waals surface area contributed by atoms with Crippen molar-refractivity contribution in [3.8, 4) is 0 Å². The van der Waals surface area contributed by atoms with Crippen LogP contribution in [-0.2, 0) is 9.53 Å². The Labute approximate surface area is 133 Å². The Kier molecular flexibility index (Phi) is 5.65. The minimum absolute atomic E-state index is 0. The zero-order valence-electron chi connectivity index (χ0n) is 12.6. The molecule has 21 heavy (non-hydrogen) atoms. The first-order chi connectivity index (χ1) is 9.75. The molecule has 2 aliphatic heterocycles. The molecule has 3 nitrogen and oxygen atoms in total. The molecular formula is C17H24ClNO2. The van der Waals surface area contributed by atoms with Crippen molar-refractivity contribution in [1.82, 2.24) is 4.90 Å². The van der Waals surface area contributed by atoms with E-state index >= 15 is 0 Å². The molecule has 1 saturated heterocycles. The van der Waals surface area contributed by atoms with Crippen LogP contribution in [0.2, 0.25) is 0 Å². The van der Waals surface area contributed by atoms with Gasteiger partial charge in [0, 0.05) is 18.0 Å². The summed E-state index contributed by atoms with van der Waals surface area (Å²) in [5.41, 5.74) is 3.31. The van der Waals surface area contributed by atoms with Crippen LogP contribution in [0.5, 0.6) is 0 Å². The zero-order chi connectivity index (χ0) is 13.9. The number of ketones is 1. The molecule has 0 spiro atoms. The fraction of sp³-hybridized carbons (Fsp3) is 0.588. The second-order valence-electron chi connectivity index (χ2n) is 6.10. The molecule has 0 radical (unpaired) electrons. The van der Waals surface area contributed by atoms with E-state index in [2.05, 4.69) is 11.8 Å². The summed E-state index contributed by atoms with van der Waals surface area (Å²) >= 11 is 0. The average Bonchev–Trinajstić information content (AvgIpc) is 2.91. The molecule has 2 heterocycles. The number of rotatable bonds is 4. The van der Waals surface area contributed by atoms with Crippen LogP contribution in [-0.4, -0.2) is 30.3 Å². The molecule has 0 amide bonds. The average molecular weight is 310 g/mol. The Morgan fingerprint density at radius 1 is 1.29 bits per heavy atom. The van der Waals surface area contributed by atoms with Gasteiger partial charge in [-0.15, -0.1) is 12.4 Å². The molecule has 1 atom stereocenters. The van der Waals surface area contributed by atoms with Crippen molar-refractivity contribution in [2.24, 2.45) is 5.92 Å². The molecular weight excluding hydrogens is 286 g/mol. The van der Waals surface area contributed by atoms with E-state index in [1.165, 1.54) is 24.8 Å². The van der Waals surface area contributed by atoms with E-state index in [1.54, 1.807) is 12.5 Å². The highest BCUT2D eigenvalue weighted by atomic mass is 35.5. The lowest BCUT2D eigenvalue weighted by Crippen LogP contribution is -2.36.